The second kappa shape index (κ2) is 6.64. The van der Waals surface area contributed by atoms with E-state index in [0.29, 0.717) is 16.5 Å². The second-order valence-electron chi connectivity index (χ2n) is 5.27. The molecule has 2 heterocycles. The first-order valence-electron chi connectivity index (χ1n) is 7.13. The Morgan fingerprint density at radius 1 is 1.26 bits per heavy atom. The van der Waals surface area contributed by atoms with Crippen molar-refractivity contribution < 1.29 is 5.21 Å². The van der Waals surface area contributed by atoms with Crippen LogP contribution in [0.3, 0.4) is 0 Å². The fourth-order valence-corrected chi connectivity index (χ4v) is 3.39. The van der Waals surface area contributed by atoms with Crippen LogP contribution in [-0.4, -0.2) is 26.1 Å². The lowest BCUT2D eigenvalue weighted by Crippen LogP contribution is -2.10. The fourth-order valence-electron chi connectivity index (χ4n) is 2.44. The van der Waals surface area contributed by atoms with E-state index in [1.54, 1.807) is 11.8 Å². The quantitative estimate of drug-likeness (QED) is 0.326. The van der Waals surface area contributed by atoms with E-state index in [-0.39, 0.29) is 0 Å². The lowest BCUT2D eigenvalue weighted by molar-refractivity contribution is 0.319. The SMILES string of the molecule is Cc1ccn2c(C(CSc3ccc(Cl)cc3)=NO)c(C)nc2c1. The molecule has 0 aliphatic rings. The van der Waals surface area contributed by atoms with Gasteiger partial charge in [-0.2, -0.15) is 0 Å². The molecule has 4 nitrogen and oxygen atoms in total. The minimum atomic E-state index is 0.542. The normalized spacial score (nSPS) is 12.0. The van der Waals surface area contributed by atoms with Crippen LogP contribution in [0.1, 0.15) is 17.0 Å². The molecule has 6 heteroatoms. The fraction of sp³-hybridized carbons (Fsp3) is 0.176. The Morgan fingerprint density at radius 2 is 2.00 bits per heavy atom. The predicted molar refractivity (Wildman–Crippen MR) is 95.2 cm³/mol. The van der Waals surface area contributed by atoms with Gasteiger partial charge in [-0.3, -0.25) is 4.40 Å². The topological polar surface area (TPSA) is 49.9 Å². The van der Waals surface area contributed by atoms with Crippen LogP contribution in [0.2, 0.25) is 5.02 Å². The van der Waals surface area contributed by atoms with E-state index < -0.39 is 0 Å². The minimum Gasteiger partial charge on any atom is -0.411 e. The standard InChI is InChI=1S/C17H16ClN3OS/c1-11-7-8-21-16(9-11)19-12(2)17(21)15(20-22)10-23-14-5-3-13(18)4-6-14/h3-9,22H,10H2,1-2H3. The average molecular weight is 346 g/mol. The van der Waals surface area contributed by atoms with Crippen molar-refractivity contribution in [3.63, 3.8) is 0 Å². The molecule has 2 aromatic heterocycles. The van der Waals surface area contributed by atoms with E-state index in [2.05, 4.69) is 10.1 Å². The van der Waals surface area contributed by atoms with E-state index >= 15 is 0 Å². The molecule has 0 spiro atoms. The van der Waals surface area contributed by atoms with E-state index in [0.717, 1.165) is 27.5 Å². The van der Waals surface area contributed by atoms with Gasteiger partial charge in [0.05, 0.1) is 11.4 Å². The van der Waals surface area contributed by atoms with Crippen LogP contribution in [0.5, 0.6) is 0 Å². The summed E-state index contributed by atoms with van der Waals surface area (Å²) in [6, 6.07) is 11.6. The maximum Gasteiger partial charge on any atom is 0.137 e. The Kier molecular flexibility index (Phi) is 4.59. The number of benzene rings is 1. The van der Waals surface area contributed by atoms with Crippen LogP contribution >= 0.6 is 23.4 Å². The molecule has 118 valence electrons. The Hall–Kier alpha value is -1.98. The number of halogens is 1. The molecule has 0 atom stereocenters. The molecular weight excluding hydrogens is 330 g/mol. The number of aryl methyl sites for hydroxylation is 2. The summed E-state index contributed by atoms with van der Waals surface area (Å²) < 4.78 is 1.96. The molecule has 1 N–H and O–H groups in total. The predicted octanol–water partition coefficient (Wildman–Crippen LogP) is 4.58. The zero-order valence-electron chi connectivity index (χ0n) is 12.8. The van der Waals surface area contributed by atoms with E-state index in [4.69, 9.17) is 11.6 Å². The summed E-state index contributed by atoms with van der Waals surface area (Å²) in [5.74, 6) is 0.542. The van der Waals surface area contributed by atoms with Crippen LogP contribution in [0, 0.1) is 13.8 Å². The second-order valence-corrected chi connectivity index (χ2v) is 6.75. The molecule has 0 fully saturated rings. The van der Waals surface area contributed by atoms with Gasteiger partial charge in [-0.1, -0.05) is 16.8 Å². The van der Waals surface area contributed by atoms with Crippen molar-refractivity contribution in [2.75, 3.05) is 5.75 Å². The van der Waals surface area contributed by atoms with Crippen LogP contribution < -0.4 is 0 Å². The summed E-state index contributed by atoms with van der Waals surface area (Å²) in [7, 11) is 0. The lowest BCUT2D eigenvalue weighted by atomic mass is 10.2. The first-order chi connectivity index (χ1) is 11.1. The first-order valence-corrected chi connectivity index (χ1v) is 8.50. The van der Waals surface area contributed by atoms with Gasteiger partial charge in [-0.05, 0) is 55.8 Å². The molecule has 0 saturated heterocycles. The summed E-state index contributed by atoms with van der Waals surface area (Å²) in [6.07, 6.45) is 1.96. The molecule has 0 unspecified atom stereocenters. The number of rotatable bonds is 4. The van der Waals surface area contributed by atoms with Gasteiger partial charge in [0, 0.05) is 21.9 Å². The van der Waals surface area contributed by atoms with Gasteiger partial charge in [0.1, 0.15) is 11.4 Å². The highest BCUT2D eigenvalue weighted by Gasteiger charge is 2.16. The molecule has 0 radical (unpaired) electrons. The van der Waals surface area contributed by atoms with Crippen molar-refractivity contribution in [1.82, 2.24) is 9.38 Å². The average Bonchev–Trinajstić information content (AvgIpc) is 2.85. The lowest BCUT2D eigenvalue weighted by Gasteiger charge is -2.06. The van der Waals surface area contributed by atoms with Crippen molar-refractivity contribution in [2.24, 2.45) is 5.16 Å². The van der Waals surface area contributed by atoms with Crippen molar-refractivity contribution in [3.05, 3.63) is 64.6 Å². The number of nitrogens with zero attached hydrogens (tertiary/aromatic N) is 3. The highest BCUT2D eigenvalue weighted by Crippen LogP contribution is 2.23. The number of fused-ring (bicyclic) bond motifs is 1. The maximum atomic E-state index is 9.47. The number of hydrogen-bond acceptors (Lipinski definition) is 4. The van der Waals surface area contributed by atoms with Gasteiger partial charge in [-0.15, -0.1) is 11.8 Å². The summed E-state index contributed by atoms with van der Waals surface area (Å²) in [4.78, 5) is 5.62. The molecule has 3 rings (SSSR count). The summed E-state index contributed by atoms with van der Waals surface area (Å²) in [5, 5.41) is 13.7. The molecule has 0 amide bonds. The Balaban J connectivity index is 1.89. The van der Waals surface area contributed by atoms with Crippen LogP contribution in [0.4, 0.5) is 0 Å². The summed E-state index contributed by atoms with van der Waals surface area (Å²) in [6.45, 7) is 3.96. The molecule has 0 aliphatic heterocycles. The van der Waals surface area contributed by atoms with Crippen molar-refractivity contribution >= 4 is 34.7 Å². The molecular formula is C17H16ClN3OS. The highest BCUT2D eigenvalue weighted by molar-refractivity contribution is 8.00. The molecule has 0 bridgehead atoms. The molecule has 23 heavy (non-hydrogen) atoms. The van der Waals surface area contributed by atoms with Gasteiger partial charge in [0.25, 0.3) is 0 Å². The summed E-state index contributed by atoms with van der Waals surface area (Å²) in [5.41, 5.74) is 4.28. The third-order valence-electron chi connectivity index (χ3n) is 3.54. The first kappa shape index (κ1) is 15.9. The van der Waals surface area contributed by atoms with Crippen molar-refractivity contribution in [1.29, 1.82) is 0 Å². The van der Waals surface area contributed by atoms with Gasteiger partial charge in [-0.25, -0.2) is 4.98 Å². The number of thioether (sulfide) groups is 1. The Labute approximate surface area is 143 Å². The largest absolute Gasteiger partial charge is 0.411 e. The zero-order chi connectivity index (χ0) is 16.4. The third-order valence-corrected chi connectivity index (χ3v) is 4.81. The van der Waals surface area contributed by atoms with Gasteiger partial charge in [0.2, 0.25) is 0 Å². The van der Waals surface area contributed by atoms with Crippen LogP contribution in [-0.2, 0) is 0 Å². The number of oxime groups is 1. The molecule has 3 aromatic rings. The molecule has 0 aliphatic carbocycles. The number of aromatic nitrogens is 2. The van der Waals surface area contributed by atoms with Crippen molar-refractivity contribution in [3.8, 4) is 0 Å². The van der Waals surface area contributed by atoms with Crippen molar-refractivity contribution in [2.45, 2.75) is 18.7 Å². The molecule has 1 aromatic carbocycles. The Bertz CT molecular complexity index is 871. The number of imidazole rings is 1. The highest BCUT2D eigenvalue weighted by atomic mass is 35.5. The van der Waals surface area contributed by atoms with E-state index in [9.17, 15) is 5.21 Å². The van der Waals surface area contributed by atoms with Crippen LogP contribution in [0.15, 0.2) is 52.6 Å². The summed E-state index contributed by atoms with van der Waals surface area (Å²) >= 11 is 7.49. The van der Waals surface area contributed by atoms with E-state index in [1.165, 1.54) is 0 Å². The Morgan fingerprint density at radius 3 is 2.70 bits per heavy atom. The zero-order valence-corrected chi connectivity index (χ0v) is 14.4. The van der Waals surface area contributed by atoms with Crippen LogP contribution in [0.25, 0.3) is 5.65 Å². The number of pyridine rings is 1. The van der Waals surface area contributed by atoms with Gasteiger partial charge < -0.3 is 5.21 Å². The molecule has 0 saturated carbocycles. The monoisotopic (exact) mass is 345 g/mol. The van der Waals surface area contributed by atoms with Gasteiger partial charge >= 0.3 is 0 Å². The third kappa shape index (κ3) is 3.35. The minimum absolute atomic E-state index is 0.542. The smallest absolute Gasteiger partial charge is 0.137 e. The van der Waals surface area contributed by atoms with Gasteiger partial charge in [0.15, 0.2) is 0 Å². The number of hydrogen-bond donors (Lipinski definition) is 1. The van der Waals surface area contributed by atoms with E-state index in [1.807, 2.05) is 60.8 Å². The maximum absolute atomic E-state index is 9.47.